The molecule has 1 aliphatic heterocycles. The SMILES string of the molecule is CCC1(C)CN(CC2CCC2)C(C)(C)CN1. The van der Waals surface area contributed by atoms with Gasteiger partial charge < -0.3 is 5.32 Å². The van der Waals surface area contributed by atoms with Crippen molar-refractivity contribution < 1.29 is 0 Å². The summed E-state index contributed by atoms with van der Waals surface area (Å²) in [7, 11) is 0. The van der Waals surface area contributed by atoms with Crippen molar-refractivity contribution in [3.63, 3.8) is 0 Å². The largest absolute Gasteiger partial charge is 0.308 e. The minimum Gasteiger partial charge on any atom is -0.308 e. The Hall–Kier alpha value is -0.0800. The van der Waals surface area contributed by atoms with Gasteiger partial charge >= 0.3 is 0 Å². The summed E-state index contributed by atoms with van der Waals surface area (Å²) < 4.78 is 0. The number of piperazine rings is 1. The topological polar surface area (TPSA) is 15.3 Å². The smallest absolute Gasteiger partial charge is 0.0278 e. The van der Waals surface area contributed by atoms with Gasteiger partial charge in [0, 0.05) is 30.7 Å². The molecule has 2 nitrogen and oxygen atoms in total. The summed E-state index contributed by atoms with van der Waals surface area (Å²) in [6.45, 7) is 13.1. The third kappa shape index (κ3) is 2.43. The van der Waals surface area contributed by atoms with Crippen LogP contribution in [0.25, 0.3) is 0 Å². The zero-order valence-corrected chi connectivity index (χ0v) is 11.5. The summed E-state index contributed by atoms with van der Waals surface area (Å²) in [5, 5.41) is 3.73. The molecule has 1 N–H and O–H groups in total. The summed E-state index contributed by atoms with van der Waals surface area (Å²) in [6, 6.07) is 0. The number of hydrogen-bond donors (Lipinski definition) is 1. The van der Waals surface area contributed by atoms with Crippen molar-refractivity contribution in [2.75, 3.05) is 19.6 Å². The molecule has 16 heavy (non-hydrogen) atoms. The predicted molar refractivity (Wildman–Crippen MR) is 69.7 cm³/mol. The van der Waals surface area contributed by atoms with Crippen LogP contribution in [0.5, 0.6) is 0 Å². The highest BCUT2D eigenvalue weighted by molar-refractivity contribution is 4.99. The molecule has 2 fully saturated rings. The lowest BCUT2D eigenvalue weighted by molar-refractivity contribution is 0.00885. The Bertz CT molecular complexity index is 245. The lowest BCUT2D eigenvalue weighted by Gasteiger charge is -2.52. The fourth-order valence-electron chi connectivity index (χ4n) is 2.77. The van der Waals surface area contributed by atoms with E-state index >= 15 is 0 Å². The van der Waals surface area contributed by atoms with Crippen LogP contribution in [0.3, 0.4) is 0 Å². The summed E-state index contributed by atoms with van der Waals surface area (Å²) in [6.07, 6.45) is 5.61. The first-order chi connectivity index (χ1) is 7.45. The summed E-state index contributed by atoms with van der Waals surface area (Å²) >= 11 is 0. The van der Waals surface area contributed by atoms with Crippen LogP contribution in [0, 0.1) is 5.92 Å². The Labute approximate surface area is 101 Å². The van der Waals surface area contributed by atoms with Gasteiger partial charge in [-0.1, -0.05) is 13.3 Å². The molecule has 0 radical (unpaired) electrons. The van der Waals surface area contributed by atoms with E-state index in [4.69, 9.17) is 0 Å². The maximum atomic E-state index is 3.73. The second-order valence-electron chi connectivity index (χ2n) is 6.76. The van der Waals surface area contributed by atoms with Crippen LogP contribution in [0.4, 0.5) is 0 Å². The van der Waals surface area contributed by atoms with Crippen molar-refractivity contribution in [1.29, 1.82) is 0 Å². The van der Waals surface area contributed by atoms with Crippen LogP contribution in [-0.2, 0) is 0 Å². The third-order valence-corrected chi connectivity index (χ3v) is 4.83. The van der Waals surface area contributed by atoms with Crippen molar-refractivity contribution in [3.8, 4) is 0 Å². The standard InChI is InChI=1S/C14H28N2/c1-5-14(4)11-16(9-12-7-6-8-12)13(2,3)10-15-14/h12,15H,5-11H2,1-4H3. The normalized spacial score (nSPS) is 36.0. The molecular weight excluding hydrogens is 196 g/mol. The average Bonchev–Trinajstić information content (AvgIpc) is 2.17. The molecule has 0 bridgehead atoms. The van der Waals surface area contributed by atoms with Crippen LogP contribution >= 0.6 is 0 Å². The molecule has 2 aliphatic rings. The molecule has 0 aromatic rings. The summed E-state index contributed by atoms with van der Waals surface area (Å²) in [5.74, 6) is 0.985. The van der Waals surface area contributed by atoms with Crippen LogP contribution in [-0.4, -0.2) is 35.6 Å². The van der Waals surface area contributed by atoms with Crippen molar-refractivity contribution in [2.45, 2.75) is 64.5 Å². The van der Waals surface area contributed by atoms with E-state index < -0.39 is 0 Å². The first kappa shape index (κ1) is 12.4. The molecule has 1 atom stereocenters. The van der Waals surface area contributed by atoms with Crippen molar-refractivity contribution >= 4 is 0 Å². The average molecular weight is 224 g/mol. The van der Waals surface area contributed by atoms with Gasteiger partial charge in [-0.05, 0) is 46.0 Å². The van der Waals surface area contributed by atoms with Crippen molar-refractivity contribution in [1.82, 2.24) is 10.2 Å². The van der Waals surface area contributed by atoms with Gasteiger partial charge in [0.1, 0.15) is 0 Å². The van der Waals surface area contributed by atoms with E-state index in [1.54, 1.807) is 0 Å². The number of nitrogens with one attached hydrogen (secondary N) is 1. The zero-order chi connectivity index (χ0) is 11.8. The third-order valence-electron chi connectivity index (χ3n) is 4.83. The Morgan fingerprint density at radius 1 is 1.25 bits per heavy atom. The van der Waals surface area contributed by atoms with Gasteiger partial charge in [0.05, 0.1) is 0 Å². The molecule has 0 aromatic carbocycles. The zero-order valence-electron chi connectivity index (χ0n) is 11.5. The van der Waals surface area contributed by atoms with Gasteiger partial charge in [-0.25, -0.2) is 0 Å². The lowest BCUT2D eigenvalue weighted by atomic mass is 9.82. The highest BCUT2D eigenvalue weighted by Gasteiger charge is 2.40. The van der Waals surface area contributed by atoms with E-state index in [9.17, 15) is 0 Å². The van der Waals surface area contributed by atoms with Gasteiger partial charge in [-0.3, -0.25) is 4.90 Å². The van der Waals surface area contributed by atoms with Gasteiger partial charge in [0.25, 0.3) is 0 Å². The van der Waals surface area contributed by atoms with E-state index in [1.165, 1.54) is 38.8 Å². The molecule has 1 aliphatic carbocycles. The Kier molecular flexibility index (Phi) is 3.33. The molecule has 0 aromatic heterocycles. The molecule has 1 saturated heterocycles. The molecule has 2 rings (SSSR count). The lowest BCUT2D eigenvalue weighted by Crippen LogP contribution is -2.67. The first-order valence-corrected chi connectivity index (χ1v) is 6.95. The molecule has 1 saturated carbocycles. The fourth-order valence-corrected chi connectivity index (χ4v) is 2.77. The van der Waals surface area contributed by atoms with E-state index in [1.807, 2.05) is 0 Å². The maximum absolute atomic E-state index is 3.73. The molecule has 0 amide bonds. The molecule has 0 spiro atoms. The Balaban J connectivity index is 1.99. The van der Waals surface area contributed by atoms with Crippen LogP contribution < -0.4 is 5.32 Å². The minimum absolute atomic E-state index is 0.333. The van der Waals surface area contributed by atoms with Crippen LogP contribution in [0.1, 0.15) is 53.4 Å². The molecule has 1 heterocycles. The number of rotatable bonds is 3. The second kappa shape index (κ2) is 4.30. The first-order valence-electron chi connectivity index (χ1n) is 6.95. The Morgan fingerprint density at radius 2 is 1.94 bits per heavy atom. The van der Waals surface area contributed by atoms with E-state index in [0.717, 1.165) is 12.5 Å². The summed E-state index contributed by atoms with van der Waals surface area (Å²) in [5.41, 5.74) is 0.670. The predicted octanol–water partition coefficient (Wildman–Crippen LogP) is 2.64. The second-order valence-corrected chi connectivity index (χ2v) is 6.76. The minimum atomic E-state index is 0.333. The van der Waals surface area contributed by atoms with E-state index in [0.29, 0.717) is 11.1 Å². The van der Waals surface area contributed by atoms with E-state index in [2.05, 4.69) is 37.9 Å². The highest BCUT2D eigenvalue weighted by Crippen LogP contribution is 2.32. The molecule has 1 unspecified atom stereocenters. The number of hydrogen-bond acceptors (Lipinski definition) is 2. The monoisotopic (exact) mass is 224 g/mol. The highest BCUT2D eigenvalue weighted by atomic mass is 15.3. The van der Waals surface area contributed by atoms with Gasteiger partial charge in [0.15, 0.2) is 0 Å². The molecule has 94 valence electrons. The van der Waals surface area contributed by atoms with E-state index in [-0.39, 0.29) is 0 Å². The van der Waals surface area contributed by atoms with Gasteiger partial charge in [-0.15, -0.1) is 0 Å². The van der Waals surface area contributed by atoms with Gasteiger partial charge in [0.2, 0.25) is 0 Å². The summed E-state index contributed by atoms with van der Waals surface area (Å²) in [4.78, 5) is 2.73. The van der Waals surface area contributed by atoms with Crippen LogP contribution in [0.15, 0.2) is 0 Å². The van der Waals surface area contributed by atoms with Crippen molar-refractivity contribution in [2.24, 2.45) is 5.92 Å². The van der Waals surface area contributed by atoms with Crippen molar-refractivity contribution in [3.05, 3.63) is 0 Å². The quantitative estimate of drug-likeness (QED) is 0.793. The number of nitrogens with zero attached hydrogens (tertiary/aromatic N) is 1. The van der Waals surface area contributed by atoms with Gasteiger partial charge in [-0.2, -0.15) is 0 Å². The molecule has 2 heteroatoms. The van der Waals surface area contributed by atoms with Crippen LogP contribution in [0.2, 0.25) is 0 Å². The Morgan fingerprint density at radius 3 is 2.44 bits per heavy atom. The fraction of sp³-hybridized carbons (Fsp3) is 1.00. The molecular formula is C14H28N2. The maximum Gasteiger partial charge on any atom is 0.0278 e.